The number of nitrogens with two attached hydrogens (primary N) is 1. The van der Waals surface area contributed by atoms with Crippen LogP contribution in [0.1, 0.15) is 25.3 Å². The molecule has 1 unspecified atom stereocenters. The highest BCUT2D eigenvalue weighted by molar-refractivity contribution is 7.98. The number of rotatable bonds is 5. The molecule has 1 aliphatic heterocycles. The molecular formula is C14H20N2OS2. The largest absolute Gasteiger partial charge is 0.389 e. The van der Waals surface area contributed by atoms with Crippen LogP contribution in [0.5, 0.6) is 0 Å². The van der Waals surface area contributed by atoms with Crippen LogP contribution in [-0.4, -0.2) is 30.0 Å². The zero-order chi connectivity index (χ0) is 13.9. The molecule has 1 fully saturated rings. The van der Waals surface area contributed by atoms with E-state index in [1.165, 1.54) is 0 Å². The topological polar surface area (TPSA) is 47.3 Å². The van der Waals surface area contributed by atoms with Crippen LogP contribution in [0.25, 0.3) is 0 Å². The van der Waals surface area contributed by atoms with Crippen molar-refractivity contribution < 1.29 is 4.74 Å². The zero-order valence-electron chi connectivity index (χ0n) is 11.4. The highest BCUT2D eigenvalue weighted by Gasteiger charge is 2.29. The van der Waals surface area contributed by atoms with Crippen molar-refractivity contribution >= 4 is 34.7 Å². The first kappa shape index (κ1) is 14.6. The molecule has 5 heteroatoms. The fourth-order valence-electron chi connectivity index (χ4n) is 2.36. The van der Waals surface area contributed by atoms with Crippen LogP contribution < -0.4 is 11.1 Å². The fourth-order valence-corrected chi connectivity index (χ4v) is 3.28. The van der Waals surface area contributed by atoms with Crippen molar-refractivity contribution in [2.24, 2.45) is 5.73 Å². The minimum Gasteiger partial charge on any atom is -0.389 e. The summed E-state index contributed by atoms with van der Waals surface area (Å²) in [7, 11) is 0. The van der Waals surface area contributed by atoms with Crippen molar-refractivity contribution in [2.45, 2.75) is 30.3 Å². The Morgan fingerprint density at radius 2 is 2.37 bits per heavy atom. The highest BCUT2D eigenvalue weighted by Crippen LogP contribution is 2.29. The minimum atomic E-state index is -0.0805. The van der Waals surface area contributed by atoms with Crippen LogP contribution in [0.15, 0.2) is 23.1 Å². The van der Waals surface area contributed by atoms with E-state index in [9.17, 15) is 0 Å². The number of thioether (sulfide) groups is 1. The molecule has 2 rings (SSSR count). The van der Waals surface area contributed by atoms with Crippen LogP contribution in [0, 0.1) is 0 Å². The monoisotopic (exact) mass is 296 g/mol. The van der Waals surface area contributed by atoms with Gasteiger partial charge in [0.1, 0.15) is 4.99 Å². The van der Waals surface area contributed by atoms with Crippen LogP contribution in [0.4, 0.5) is 5.69 Å². The summed E-state index contributed by atoms with van der Waals surface area (Å²) in [6, 6.07) is 6.08. The molecule has 1 atom stereocenters. The first-order valence-corrected chi connectivity index (χ1v) is 8.04. The van der Waals surface area contributed by atoms with Gasteiger partial charge < -0.3 is 15.8 Å². The molecule has 1 aromatic rings. The first-order valence-electron chi connectivity index (χ1n) is 6.40. The number of ether oxygens (including phenoxy) is 1. The van der Waals surface area contributed by atoms with Crippen molar-refractivity contribution in [1.82, 2.24) is 0 Å². The van der Waals surface area contributed by atoms with Crippen molar-refractivity contribution in [3.05, 3.63) is 23.8 Å². The van der Waals surface area contributed by atoms with Gasteiger partial charge in [-0.05, 0) is 38.2 Å². The summed E-state index contributed by atoms with van der Waals surface area (Å²) < 4.78 is 5.79. The summed E-state index contributed by atoms with van der Waals surface area (Å²) in [5.41, 5.74) is 7.71. The second kappa shape index (κ2) is 6.11. The molecular weight excluding hydrogens is 276 g/mol. The molecule has 0 aliphatic carbocycles. The lowest BCUT2D eigenvalue weighted by Gasteiger charge is -2.25. The predicted molar refractivity (Wildman–Crippen MR) is 86.2 cm³/mol. The second-order valence-corrected chi connectivity index (χ2v) is 6.29. The third-order valence-electron chi connectivity index (χ3n) is 3.45. The molecule has 3 nitrogen and oxygen atoms in total. The SMILES string of the molecule is CSc1cccc(NCC2(C)CCCO2)c1C(N)=S. The van der Waals surface area contributed by atoms with E-state index in [1.807, 2.05) is 24.5 Å². The predicted octanol–water partition coefficient (Wildman–Crippen LogP) is 3.02. The van der Waals surface area contributed by atoms with E-state index < -0.39 is 0 Å². The normalized spacial score (nSPS) is 22.4. The molecule has 104 valence electrons. The zero-order valence-corrected chi connectivity index (χ0v) is 13.0. The number of thiocarbonyl (C=S) groups is 1. The molecule has 1 saturated heterocycles. The lowest BCUT2D eigenvalue weighted by Crippen LogP contribution is -2.33. The van der Waals surface area contributed by atoms with Gasteiger partial charge in [-0.3, -0.25) is 0 Å². The molecule has 0 amide bonds. The molecule has 0 saturated carbocycles. The maximum Gasteiger partial charge on any atom is 0.107 e. The average molecular weight is 296 g/mol. The molecule has 3 N–H and O–H groups in total. The maximum atomic E-state index is 5.85. The van der Waals surface area contributed by atoms with Crippen molar-refractivity contribution in [3.8, 4) is 0 Å². The number of hydrogen-bond acceptors (Lipinski definition) is 4. The lowest BCUT2D eigenvalue weighted by molar-refractivity contribution is 0.0315. The Bertz CT molecular complexity index is 471. The van der Waals surface area contributed by atoms with Gasteiger partial charge in [0.05, 0.1) is 5.60 Å². The van der Waals surface area contributed by atoms with Crippen LogP contribution in [-0.2, 0) is 4.74 Å². The Balaban J connectivity index is 2.17. The van der Waals surface area contributed by atoms with Gasteiger partial charge in [0, 0.05) is 29.3 Å². The van der Waals surface area contributed by atoms with E-state index in [1.54, 1.807) is 11.8 Å². The van der Waals surface area contributed by atoms with E-state index in [0.717, 1.165) is 42.1 Å². The summed E-state index contributed by atoms with van der Waals surface area (Å²) in [6.45, 7) is 3.78. The Morgan fingerprint density at radius 1 is 1.58 bits per heavy atom. The van der Waals surface area contributed by atoms with E-state index in [4.69, 9.17) is 22.7 Å². The molecule has 0 radical (unpaired) electrons. The van der Waals surface area contributed by atoms with Crippen molar-refractivity contribution in [2.75, 3.05) is 24.7 Å². The fraction of sp³-hybridized carbons (Fsp3) is 0.500. The van der Waals surface area contributed by atoms with Gasteiger partial charge in [-0.25, -0.2) is 0 Å². The molecule has 0 aromatic heterocycles. The summed E-state index contributed by atoms with van der Waals surface area (Å²) in [5.74, 6) is 0. The molecule has 0 spiro atoms. The van der Waals surface area contributed by atoms with Gasteiger partial charge in [-0.1, -0.05) is 18.3 Å². The van der Waals surface area contributed by atoms with Gasteiger partial charge in [0.15, 0.2) is 0 Å². The van der Waals surface area contributed by atoms with Gasteiger partial charge in [-0.2, -0.15) is 0 Å². The average Bonchev–Trinajstić information content (AvgIpc) is 2.83. The van der Waals surface area contributed by atoms with E-state index in [2.05, 4.69) is 12.2 Å². The van der Waals surface area contributed by atoms with Crippen LogP contribution in [0.3, 0.4) is 0 Å². The third kappa shape index (κ3) is 3.41. The second-order valence-electron chi connectivity index (χ2n) is 5.00. The van der Waals surface area contributed by atoms with Gasteiger partial charge in [-0.15, -0.1) is 11.8 Å². The van der Waals surface area contributed by atoms with Crippen molar-refractivity contribution in [1.29, 1.82) is 0 Å². The highest BCUT2D eigenvalue weighted by atomic mass is 32.2. The lowest BCUT2D eigenvalue weighted by atomic mass is 10.0. The molecule has 19 heavy (non-hydrogen) atoms. The number of hydrogen-bond donors (Lipinski definition) is 2. The number of benzene rings is 1. The van der Waals surface area contributed by atoms with Gasteiger partial charge >= 0.3 is 0 Å². The molecule has 1 aromatic carbocycles. The van der Waals surface area contributed by atoms with Crippen LogP contribution >= 0.6 is 24.0 Å². The quantitative estimate of drug-likeness (QED) is 0.646. The number of anilines is 1. The Hall–Kier alpha value is -0.780. The molecule has 0 bridgehead atoms. The van der Waals surface area contributed by atoms with Gasteiger partial charge in [0.2, 0.25) is 0 Å². The standard InChI is InChI=1S/C14H20N2OS2/c1-14(7-4-8-17-14)9-16-10-5-3-6-11(19-2)12(10)13(15)18/h3,5-6,16H,4,7-9H2,1-2H3,(H2,15,18). The van der Waals surface area contributed by atoms with E-state index in [-0.39, 0.29) is 5.60 Å². The first-order chi connectivity index (χ1) is 9.06. The third-order valence-corrected chi connectivity index (χ3v) is 4.43. The molecule has 1 heterocycles. The summed E-state index contributed by atoms with van der Waals surface area (Å²) in [5, 5.41) is 3.45. The number of nitrogens with one attached hydrogen (secondary N) is 1. The summed E-state index contributed by atoms with van der Waals surface area (Å²) in [4.78, 5) is 1.54. The summed E-state index contributed by atoms with van der Waals surface area (Å²) in [6.07, 6.45) is 4.25. The smallest absolute Gasteiger partial charge is 0.107 e. The Kier molecular flexibility index (Phi) is 4.71. The van der Waals surface area contributed by atoms with Crippen LogP contribution in [0.2, 0.25) is 0 Å². The Morgan fingerprint density at radius 3 is 2.95 bits per heavy atom. The minimum absolute atomic E-state index is 0.0805. The summed E-state index contributed by atoms with van der Waals surface area (Å²) >= 11 is 6.83. The molecule has 1 aliphatic rings. The Labute approximate surface area is 124 Å². The van der Waals surface area contributed by atoms with E-state index in [0.29, 0.717) is 4.99 Å². The van der Waals surface area contributed by atoms with E-state index >= 15 is 0 Å². The maximum absolute atomic E-state index is 5.85. The van der Waals surface area contributed by atoms with Gasteiger partial charge in [0.25, 0.3) is 0 Å². The van der Waals surface area contributed by atoms with Crippen molar-refractivity contribution in [3.63, 3.8) is 0 Å².